The number of pyridine rings is 2. The maximum Gasteiger partial charge on any atom is 0.329 e. The molecule has 0 aliphatic carbocycles. The van der Waals surface area contributed by atoms with Gasteiger partial charge < -0.3 is 19.5 Å². The number of H-pyrrole nitrogens is 1. The van der Waals surface area contributed by atoms with Gasteiger partial charge in [0.15, 0.2) is 11.4 Å². The number of fused-ring (bicyclic) bond motifs is 2. The van der Waals surface area contributed by atoms with Gasteiger partial charge in [0.1, 0.15) is 27.9 Å². The molecule has 2 N–H and O–H groups in total. The molecule has 2 fully saturated rings. The predicted octanol–water partition coefficient (Wildman–Crippen LogP) is 5.27. The van der Waals surface area contributed by atoms with Crippen LogP contribution in [-0.4, -0.2) is 85.8 Å². The Balaban J connectivity index is 0.871. The van der Waals surface area contributed by atoms with Crippen LogP contribution in [0.5, 0.6) is 11.5 Å². The summed E-state index contributed by atoms with van der Waals surface area (Å²) in [5, 5.41) is 7.21. The van der Waals surface area contributed by atoms with Gasteiger partial charge in [-0.1, -0.05) is 17.7 Å². The van der Waals surface area contributed by atoms with Crippen LogP contribution in [0.4, 0.5) is 16.3 Å². The third-order valence-corrected chi connectivity index (χ3v) is 10.3. The number of anilines is 2. The van der Waals surface area contributed by atoms with Crippen molar-refractivity contribution in [1.29, 1.82) is 0 Å². The minimum Gasteiger partial charge on any atom is -0.453 e. The Morgan fingerprint density at radius 1 is 0.960 bits per heavy atom. The highest BCUT2D eigenvalue weighted by atomic mass is 35.5. The number of imide groups is 1. The van der Waals surface area contributed by atoms with Gasteiger partial charge in [0.2, 0.25) is 5.91 Å². The minimum absolute atomic E-state index is 0.245. The number of imidazole rings is 1. The quantitative estimate of drug-likeness (QED) is 0.233. The molecule has 0 saturated carbocycles. The molecular weight excluding hydrogens is 656 g/mol. The van der Waals surface area contributed by atoms with Crippen molar-refractivity contribution in [2.45, 2.75) is 39.0 Å². The number of aryl methyl sites for hydroxylation is 2. The average molecular weight is 695 g/mol. The van der Waals surface area contributed by atoms with E-state index in [0.29, 0.717) is 46.0 Å². The number of rotatable bonds is 7. The lowest BCUT2D eigenvalue weighted by atomic mass is 9.95. The van der Waals surface area contributed by atoms with Crippen LogP contribution in [0.15, 0.2) is 48.9 Å². The van der Waals surface area contributed by atoms with E-state index in [2.05, 4.69) is 47.3 Å². The Hall–Kier alpha value is -5.01. The summed E-state index contributed by atoms with van der Waals surface area (Å²) in [6.45, 7) is 7.39. The number of amides is 3. The molecule has 0 bridgehead atoms. The fourth-order valence-corrected chi connectivity index (χ4v) is 7.51. The highest BCUT2D eigenvalue weighted by Crippen LogP contribution is 2.37. The molecule has 0 spiro atoms. The molecule has 13 nitrogen and oxygen atoms in total. The predicted molar refractivity (Wildman–Crippen MR) is 191 cm³/mol. The van der Waals surface area contributed by atoms with E-state index in [1.807, 2.05) is 44.6 Å². The fraction of sp³-hybridized carbons (Fsp3) is 0.389. The Morgan fingerprint density at radius 3 is 2.52 bits per heavy atom. The Morgan fingerprint density at radius 2 is 1.78 bits per heavy atom. The number of aromatic amines is 1. The molecule has 0 atom stereocenters. The van der Waals surface area contributed by atoms with E-state index in [1.165, 1.54) is 16.0 Å². The zero-order valence-electron chi connectivity index (χ0n) is 28.2. The Labute approximate surface area is 294 Å². The van der Waals surface area contributed by atoms with Gasteiger partial charge in [0.05, 0.1) is 29.3 Å². The smallest absolute Gasteiger partial charge is 0.329 e. The van der Waals surface area contributed by atoms with Crippen LogP contribution < -0.4 is 19.9 Å². The summed E-state index contributed by atoms with van der Waals surface area (Å²) in [6, 6.07) is 9.85. The monoisotopic (exact) mass is 694 g/mol. The standard InChI is InChI=1S/C36H39ClN10O3/c1-22-28(21-44(2)43-22)34-41-32-33(29(37)19-39-35(32)42-34)50-27-5-3-24-9-12-45(13-10-25(24)17-27)20-23-7-14-46(15-8-23)26-4-6-30(38-18-26)47-16-11-31(48)40-36(47)49/h3-6,17-19,21,23H,7-16,20H2,1-2H3,(H,39,41,42)(H,40,48,49). The molecule has 258 valence electrons. The molecule has 2 saturated heterocycles. The van der Waals surface area contributed by atoms with Gasteiger partial charge >= 0.3 is 6.03 Å². The molecule has 0 radical (unpaired) electrons. The van der Waals surface area contributed by atoms with Crippen LogP contribution in [0.3, 0.4) is 0 Å². The van der Waals surface area contributed by atoms with Gasteiger partial charge in [-0.2, -0.15) is 5.10 Å². The maximum absolute atomic E-state index is 12.2. The largest absolute Gasteiger partial charge is 0.453 e. The summed E-state index contributed by atoms with van der Waals surface area (Å²) < 4.78 is 8.20. The summed E-state index contributed by atoms with van der Waals surface area (Å²) in [4.78, 5) is 47.2. The summed E-state index contributed by atoms with van der Waals surface area (Å²) >= 11 is 6.62. The average Bonchev–Trinajstić information content (AvgIpc) is 3.63. The van der Waals surface area contributed by atoms with Gasteiger partial charge in [0.25, 0.3) is 0 Å². The van der Waals surface area contributed by atoms with Gasteiger partial charge in [-0.05, 0) is 73.9 Å². The molecular formula is C36H39ClN10O3. The number of carbonyl (C=O) groups excluding carboxylic acids is 2. The number of aromatic nitrogens is 6. The highest BCUT2D eigenvalue weighted by Gasteiger charge is 2.27. The van der Waals surface area contributed by atoms with Crippen LogP contribution in [-0.2, 0) is 24.7 Å². The van der Waals surface area contributed by atoms with Crippen LogP contribution in [0.1, 0.15) is 36.1 Å². The molecule has 0 unspecified atom stereocenters. The zero-order valence-corrected chi connectivity index (χ0v) is 28.9. The normalized spacial score (nSPS) is 17.6. The van der Waals surface area contributed by atoms with Crippen LogP contribution in [0, 0.1) is 12.8 Å². The first kappa shape index (κ1) is 32.2. The van der Waals surface area contributed by atoms with Gasteiger partial charge in [-0.15, -0.1) is 0 Å². The van der Waals surface area contributed by atoms with E-state index in [-0.39, 0.29) is 12.3 Å². The molecule has 3 aliphatic rings. The van der Waals surface area contributed by atoms with Crippen molar-refractivity contribution in [3.63, 3.8) is 0 Å². The third-order valence-electron chi connectivity index (χ3n) is 10.0. The van der Waals surface area contributed by atoms with Crippen LogP contribution >= 0.6 is 11.6 Å². The Kier molecular flexibility index (Phi) is 8.61. The number of urea groups is 1. The number of halogens is 1. The molecule has 50 heavy (non-hydrogen) atoms. The van der Waals surface area contributed by atoms with E-state index in [0.717, 1.165) is 81.1 Å². The van der Waals surface area contributed by atoms with Crippen LogP contribution in [0.2, 0.25) is 5.02 Å². The second kappa shape index (κ2) is 13.4. The number of nitrogens with one attached hydrogen (secondary N) is 2. The van der Waals surface area contributed by atoms with Gasteiger partial charge in [0, 0.05) is 58.9 Å². The number of carbonyl (C=O) groups is 2. The molecule has 14 heteroatoms. The molecule has 7 heterocycles. The molecule has 4 aromatic heterocycles. The lowest BCUT2D eigenvalue weighted by Gasteiger charge is -2.36. The van der Waals surface area contributed by atoms with Crippen molar-refractivity contribution in [1.82, 2.24) is 39.9 Å². The summed E-state index contributed by atoms with van der Waals surface area (Å²) in [5.74, 6) is 2.89. The van der Waals surface area contributed by atoms with Crippen LogP contribution in [0.25, 0.3) is 22.6 Å². The number of benzene rings is 1. The van der Waals surface area contributed by atoms with Gasteiger partial charge in [-0.25, -0.2) is 19.7 Å². The van der Waals surface area contributed by atoms with E-state index >= 15 is 0 Å². The third kappa shape index (κ3) is 6.50. The fourth-order valence-electron chi connectivity index (χ4n) is 7.33. The Bertz CT molecular complexity index is 2070. The van der Waals surface area contributed by atoms with E-state index in [9.17, 15) is 9.59 Å². The topological polar surface area (TPSA) is 137 Å². The number of piperidine rings is 1. The molecule has 3 aliphatic heterocycles. The highest BCUT2D eigenvalue weighted by molar-refractivity contribution is 6.32. The van der Waals surface area contributed by atoms with Crippen molar-refractivity contribution in [2.24, 2.45) is 13.0 Å². The first-order valence-corrected chi connectivity index (χ1v) is 17.5. The van der Waals surface area contributed by atoms with Crippen molar-refractivity contribution < 1.29 is 14.3 Å². The van der Waals surface area contributed by atoms with E-state index in [1.54, 1.807) is 10.9 Å². The number of ether oxygens (including phenoxy) is 1. The molecule has 1 aromatic carbocycles. The lowest BCUT2D eigenvalue weighted by Crippen LogP contribution is -2.49. The first-order valence-electron chi connectivity index (χ1n) is 17.2. The zero-order chi connectivity index (χ0) is 34.4. The second-order valence-electron chi connectivity index (χ2n) is 13.4. The van der Waals surface area contributed by atoms with Crippen molar-refractivity contribution in [2.75, 3.05) is 49.1 Å². The van der Waals surface area contributed by atoms with E-state index < -0.39 is 6.03 Å². The molecule has 3 amide bonds. The second-order valence-corrected chi connectivity index (χ2v) is 13.8. The first-order chi connectivity index (χ1) is 24.3. The maximum atomic E-state index is 12.2. The van der Waals surface area contributed by atoms with Gasteiger partial charge in [-0.3, -0.25) is 19.7 Å². The molecule has 8 rings (SSSR count). The van der Waals surface area contributed by atoms with E-state index in [4.69, 9.17) is 21.3 Å². The molecule has 5 aromatic rings. The lowest BCUT2D eigenvalue weighted by molar-refractivity contribution is -0.120. The number of hydrogen-bond donors (Lipinski definition) is 2. The van der Waals surface area contributed by atoms with Crippen molar-refractivity contribution >= 4 is 46.2 Å². The van der Waals surface area contributed by atoms with Crippen molar-refractivity contribution in [3.05, 3.63) is 70.8 Å². The minimum atomic E-state index is -0.412. The van der Waals surface area contributed by atoms with Crippen molar-refractivity contribution in [3.8, 4) is 22.9 Å². The number of hydrogen-bond acceptors (Lipinski definition) is 9. The summed E-state index contributed by atoms with van der Waals surface area (Å²) in [5.41, 5.74) is 6.70. The number of nitrogens with zero attached hydrogens (tertiary/aromatic N) is 8. The summed E-state index contributed by atoms with van der Waals surface area (Å²) in [7, 11) is 1.89. The SMILES string of the molecule is Cc1nn(C)cc1-c1nc2ncc(Cl)c(Oc3ccc4c(c3)CCN(CC3CCN(c5ccc(N6CCC(=O)NC6=O)nc5)CC3)CC4)c2[nH]1. The summed E-state index contributed by atoms with van der Waals surface area (Å²) in [6.07, 6.45) is 9.84.